The first-order valence-electron chi connectivity index (χ1n) is 14.2. The number of anilines is 2. The molecule has 2 aromatic carbocycles. The molecule has 0 aliphatic carbocycles. The summed E-state index contributed by atoms with van der Waals surface area (Å²) in [7, 11) is 0. The van der Waals surface area contributed by atoms with E-state index < -0.39 is 0 Å². The number of hydrogen-bond donors (Lipinski definition) is 2. The molecule has 0 saturated carbocycles. The van der Waals surface area contributed by atoms with Crippen molar-refractivity contribution in [3.63, 3.8) is 0 Å². The highest BCUT2D eigenvalue weighted by Gasteiger charge is 2.25. The molecule has 40 heavy (non-hydrogen) atoms. The second-order valence-corrected chi connectivity index (χ2v) is 10.8. The van der Waals surface area contributed by atoms with Gasteiger partial charge in [-0.15, -0.1) is 0 Å². The van der Waals surface area contributed by atoms with Crippen molar-refractivity contribution in [2.45, 2.75) is 32.4 Å². The number of H-pyrrole nitrogens is 1. The molecule has 7 heteroatoms. The van der Waals surface area contributed by atoms with Gasteiger partial charge >= 0.3 is 0 Å². The van der Waals surface area contributed by atoms with Gasteiger partial charge in [0.15, 0.2) is 0 Å². The number of morpholine rings is 1. The molecule has 2 aliphatic heterocycles. The van der Waals surface area contributed by atoms with Crippen LogP contribution in [-0.4, -0.2) is 65.2 Å². The van der Waals surface area contributed by atoms with Crippen molar-refractivity contribution in [3.8, 4) is 6.07 Å². The minimum Gasteiger partial charge on any atom is -0.379 e. The maximum Gasteiger partial charge on any atom is 0.103 e. The van der Waals surface area contributed by atoms with E-state index in [-0.39, 0.29) is 0 Å². The molecule has 0 amide bonds. The number of nitrogens with one attached hydrogen (secondary N) is 2. The molecule has 2 fully saturated rings. The minimum atomic E-state index is 0.518. The topological polar surface area (TPSA) is 80.2 Å². The Morgan fingerprint density at radius 1 is 1.07 bits per heavy atom. The SMILES string of the molecule is Cc1c(Nc2c(C#N)cncc2C=Cc2cccc(CN3CCC(N4CCOCC4)CC3)c2)ccc2[nH]ccc12. The van der Waals surface area contributed by atoms with Crippen LogP contribution in [0, 0.1) is 18.3 Å². The highest BCUT2D eigenvalue weighted by molar-refractivity contribution is 5.90. The predicted molar refractivity (Wildman–Crippen MR) is 161 cm³/mol. The summed E-state index contributed by atoms with van der Waals surface area (Å²) in [6.45, 7) is 9.23. The number of hydrogen-bond acceptors (Lipinski definition) is 6. The van der Waals surface area contributed by atoms with Crippen molar-refractivity contribution >= 4 is 34.4 Å². The largest absolute Gasteiger partial charge is 0.379 e. The van der Waals surface area contributed by atoms with Crippen molar-refractivity contribution in [3.05, 3.63) is 88.9 Å². The molecule has 204 valence electrons. The number of nitrogens with zero attached hydrogens (tertiary/aromatic N) is 4. The molecule has 0 unspecified atom stereocenters. The van der Waals surface area contributed by atoms with Crippen LogP contribution in [-0.2, 0) is 11.3 Å². The van der Waals surface area contributed by atoms with E-state index in [2.05, 4.69) is 86.6 Å². The number of aromatic nitrogens is 2. The molecule has 6 rings (SSSR count). The summed E-state index contributed by atoms with van der Waals surface area (Å²) < 4.78 is 5.53. The number of aryl methyl sites for hydroxylation is 1. The zero-order chi connectivity index (χ0) is 27.3. The zero-order valence-electron chi connectivity index (χ0n) is 23.1. The first-order chi connectivity index (χ1) is 19.7. The normalized spacial score (nSPS) is 17.4. The monoisotopic (exact) mass is 532 g/mol. The molecule has 0 bridgehead atoms. The van der Waals surface area contributed by atoms with Gasteiger partial charge in [0.1, 0.15) is 6.07 Å². The molecule has 0 radical (unpaired) electrons. The molecule has 2 N–H and O–H groups in total. The second kappa shape index (κ2) is 12.1. The van der Waals surface area contributed by atoms with E-state index >= 15 is 0 Å². The summed E-state index contributed by atoms with van der Waals surface area (Å²) in [4.78, 5) is 12.8. The average molecular weight is 533 g/mol. The Balaban J connectivity index is 1.15. The number of benzene rings is 2. The summed E-state index contributed by atoms with van der Waals surface area (Å²) in [6.07, 6.45) is 12.0. The van der Waals surface area contributed by atoms with Crippen LogP contribution in [0.5, 0.6) is 0 Å². The highest BCUT2D eigenvalue weighted by atomic mass is 16.5. The Bertz CT molecular complexity index is 1540. The van der Waals surface area contributed by atoms with E-state index in [1.54, 1.807) is 6.20 Å². The smallest absolute Gasteiger partial charge is 0.103 e. The number of likely N-dealkylation sites (tertiary alicyclic amines) is 1. The molecule has 2 saturated heterocycles. The minimum absolute atomic E-state index is 0.518. The lowest BCUT2D eigenvalue weighted by Gasteiger charge is -2.40. The van der Waals surface area contributed by atoms with E-state index in [1.165, 1.54) is 18.4 Å². The van der Waals surface area contributed by atoms with Crippen LogP contribution in [0.3, 0.4) is 0 Å². The van der Waals surface area contributed by atoms with Crippen LogP contribution in [0.4, 0.5) is 11.4 Å². The van der Waals surface area contributed by atoms with Crippen molar-refractivity contribution < 1.29 is 4.74 Å². The Labute approximate surface area is 236 Å². The molecule has 7 nitrogen and oxygen atoms in total. The molecule has 2 aliphatic rings. The third-order valence-corrected chi connectivity index (χ3v) is 8.29. The first kappa shape index (κ1) is 26.3. The lowest BCUT2D eigenvalue weighted by atomic mass is 10.0. The van der Waals surface area contributed by atoms with Crippen LogP contribution in [0.15, 0.2) is 61.1 Å². The van der Waals surface area contributed by atoms with Gasteiger partial charge in [-0.05, 0) is 67.7 Å². The fourth-order valence-corrected chi connectivity index (χ4v) is 6.01. The third kappa shape index (κ3) is 5.80. The number of piperidine rings is 1. The summed E-state index contributed by atoms with van der Waals surface area (Å²) >= 11 is 0. The number of pyridine rings is 1. The van der Waals surface area contributed by atoms with E-state index in [9.17, 15) is 5.26 Å². The van der Waals surface area contributed by atoms with Crippen molar-refractivity contribution in [2.75, 3.05) is 44.7 Å². The molecule has 4 aromatic rings. The Morgan fingerprint density at radius 2 is 1.93 bits per heavy atom. The number of aromatic amines is 1. The molecule has 0 spiro atoms. The lowest BCUT2D eigenvalue weighted by molar-refractivity contribution is 0.000230. The maximum absolute atomic E-state index is 9.82. The summed E-state index contributed by atoms with van der Waals surface area (Å²) in [5.41, 5.74) is 7.84. The Hall–Kier alpha value is -3.96. The maximum atomic E-state index is 9.82. The van der Waals surface area contributed by atoms with E-state index in [0.29, 0.717) is 11.6 Å². The van der Waals surface area contributed by atoms with Crippen molar-refractivity contribution in [2.24, 2.45) is 0 Å². The van der Waals surface area contributed by atoms with E-state index in [1.807, 2.05) is 18.5 Å². The number of nitriles is 1. The van der Waals surface area contributed by atoms with Gasteiger partial charge in [0.25, 0.3) is 0 Å². The summed E-state index contributed by atoms with van der Waals surface area (Å²) in [6, 6.07) is 17.9. The molecular weight excluding hydrogens is 496 g/mol. The van der Waals surface area contributed by atoms with Gasteiger partial charge in [-0.3, -0.25) is 14.8 Å². The number of ether oxygens (including phenoxy) is 1. The number of fused-ring (bicyclic) bond motifs is 1. The van der Waals surface area contributed by atoms with Crippen LogP contribution >= 0.6 is 0 Å². The molecule has 2 aromatic heterocycles. The predicted octanol–water partition coefficient (Wildman–Crippen LogP) is 5.95. The van der Waals surface area contributed by atoms with Crippen molar-refractivity contribution in [1.82, 2.24) is 19.8 Å². The van der Waals surface area contributed by atoms with Crippen LogP contribution in [0.25, 0.3) is 23.1 Å². The zero-order valence-corrected chi connectivity index (χ0v) is 23.1. The van der Waals surface area contributed by atoms with E-state index in [0.717, 1.165) is 84.9 Å². The molecule has 4 heterocycles. The van der Waals surface area contributed by atoms with Crippen LogP contribution in [0.2, 0.25) is 0 Å². The third-order valence-electron chi connectivity index (χ3n) is 8.29. The fourth-order valence-electron chi connectivity index (χ4n) is 6.01. The van der Waals surface area contributed by atoms with Crippen LogP contribution in [0.1, 0.15) is 40.7 Å². The van der Waals surface area contributed by atoms with Gasteiger partial charge in [0.05, 0.1) is 24.5 Å². The van der Waals surface area contributed by atoms with E-state index in [4.69, 9.17) is 4.74 Å². The lowest BCUT2D eigenvalue weighted by Crippen LogP contribution is -2.48. The average Bonchev–Trinajstić information content (AvgIpc) is 3.49. The first-order valence-corrected chi connectivity index (χ1v) is 14.2. The Kier molecular flexibility index (Phi) is 7.92. The van der Waals surface area contributed by atoms with Gasteiger partial charge in [-0.2, -0.15) is 5.26 Å². The standard InChI is InChI=1S/C33H36N6O/c1-24-30-9-12-36-32(30)8-7-31(24)37-33-27(21-35-22-28(33)20-34)6-5-25-3-2-4-26(19-25)23-38-13-10-29(11-14-38)39-15-17-40-18-16-39/h2-9,12,19,21-22,29,36H,10-11,13-18,23H2,1H3,(H,35,37). The quantitative estimate of drug-likeness (QED) is 0.306. The molecular formula is C33H36N6O. The van der Waals surface area contributed by atoms with Gasteiger partial charge < -0.3 is 15.0 Å². The Morgan fingerprint density at radius 3 is 2.75 bits per heavy atom. The van der Waals surface area contributed by atoms with Gasteiger partial charge in [0.2, 0.25) is 0 Å². The van der Waals surface area contributed by atoms with Gasteiger partial charge in [0, 0.05) is 66.4 Å². The number of rotatable bonds is 7. The van der Waals surface area contributed by atoms with Gasteiger partial charge in [-0.1, -0.05) is 36.4 Å². The molecule has 0 atom stereocenters. The fraction of sp³-hybridized carbons (Fsp3) is 0.333. The highest BCUT2D eigenvalue weighted by Crippen LogP contribution is 2.31. The summed E-state index contributed by atoms with van der Waals surface area (Å²) in [5.74, 6) is 0. The summed E-state index contributed by atoms with van der Waals surface area (Å²) in [5, 5.41) is 14.5. The van der Waals surface area contributed by atoms with Gasteiger partial charge in [-0.25, -0.2) is 0 Å². The van der Waals surface area contributed by atoms with Crippen molar-refractivity contribution in [1.29, 1.82) is 5.26 Å². The second-order valence-electron chi connectivity index (χ2n) is 10.8. The van der Waals surface area contributed by atoms with Crippen LogP contribution < -0.4 is 5.32 Å².